The van der Waals surface area contributed by atoms with Gasteiger partial charge in [0.25, 0.3) is 0 Å². The molecule has 4 aliphatic carbocycles. The molecule has 3 saturated carbocycles. The van der Waals surface area contributed by atoms with Crippen LogP contribution < -0.4 is 0 Å². The first-order valence-corrected chi connectivity index (χ1v) is 9.45. The predicted molar refractivity (Wildman–Crippen MR) is 91.9 cm³/mol. The van der Waals surface area contributed by atoms with Crippen LogP contribution in [0.5, 0.6) is 0 Å². The van der Waals surface area contributed by atoms with Gasteiger partial charge in [-0.1, -0.05) is 18.4 Å². The fourth-order valence-electron chi connectivity index (χ4n) is 6.91. The van der Waals surface area contributed by atoms with Crippen molar-refractivity contribution in [1.82, 2.24) is 0 Å². The molecule has 0 aromatic heterocycles. The second kappa shape index (κ2) is 5.19. The number of terminal acetylenes is 1. The van der Waals surface area contributed by atoms with Crippen LogP contribution in [-0.2, 0) is 4.79 Å². The molecule has 0 radical (unpaired) electrons. The molecule has 24 heavy (non-hydrogen) atoms. The lowest BCUT2D eigenvalue weighted by Crippen LogP contribution is -2.56. The average Bonchev–Trinajstić information content (AvgIpc) is 2.86. The van der Waals surface area contributed by atoms with E-state index in [0.29, 0.717) is 30.6 Å². The molecule has 4 rings (SSSR count). The van der Waals surface area contributed by atoms with Crippen molar-refractivity contribution in [1.29, 1.82) is 0 Å². The SMILES string of the molecule is C#C[C@@]1(O)CC[C@H]2[C@@H]3CCC4=CC(=O)CC[C@]4(CO)[C@H]3CC[C@@]21C. The molecule has 0 aromatic carbocycles. The lowest BCUT2D eigenvalue weighted by Gasteiger charge is -2.59. The Hall–Kier alpha value is -1.11. The summed E-state index contributed by atoms with van der Waals surface area (Å²) in [5.74, 6) is 4.29. The van der Waals surface area contributed by atoms with E-state index < -0.39 is 5.60 Å². The first kappa shape index (κ1) is 16.4. The lowest BCUT2D eigenvalue weighted by atomic mass is 9.46. The predicted octanol–water partition coefficient (Wildman–Crippen LogP) is 2.86. The second-order valence-electron chi connectivity index (χ2n) is 8.87. The maximum Gasteiger partial charge on any atom is 0.155 e. The molecule has 3 nitrogen and oxygen atoms in total. The quantitative estimate of drug-likeness (QED) is 0.728. The van der Waals surface area contributed by atoms with E-state index in [1.165, 1.54) is 5.57 Å². The van der Waals surface area contributed by atoms with Crippen LogP contribution in [0.1, 0.15) is 58.3 Å². The van der Waals surface area contributed by atoms with Gasteiger partial charge in [0.2, 0.25) is 0 Å². The van der Waals surface area contributed by atoms with E-state index in [1.807, 2.05) is 6.08 Å². The summed E-state index contributed by atoms with van der Waals surface area (Å²) in [4.78, 5) is 11.9. The Morgan fingerprint density at radius 2 is 1.96 bits per heavy atom. The second-order valence-corrected chi connectivity index (χ2v) is 8.87. The molecule has 0 saturated heterocycles. The average molecular weight is 328 g/mol. The van der Waals surface area contributed by atoms with Gasteiger partial charge < -0.3 is 10.2 Å². The van der Waals surface area contributed by atoms with E-state index in [2.05, 4.69) is 12.8 Å². The van der Waals surface area contributed by atoms with E-state index >= 15 is 0 Å². The molecular formula is C21H28O3. The Labute approximate surface area is 144 Å². The maximum absolute atomic E-state index is 11.9. The van der Waals surface area contributed by atoms with E-state index in [-0.39, 0.29) is 23.2 Å². The van der Waals surface area contributed by atoms with Crippen LogP contribution in [0.25, 0.3) is 0 Å². The molecule has 3 heteroatoms. The summed E-state index contributed by atoms with van der Waals surface area (Å²) >= 11 is 0. The number of fused-ring (bicyclic) bond motifs is 5. The Kier molecular flexibility index (Phi) is 3.54. The van der Waals surface area contributed by atoms with Crippen molar-refractivity contribution in [3.63, 3.8) is 0 Å². The molecule has 130 valence electrons. The first-order valence-electron chi connectivity index (χ1n) is 9.45. The van der Waals surface area contributed by atoms with Crippen LogP contribution in [0, 0.1) is 40.9 Å². The Balaban J connectivity index is 1.72. The zero-order valence-corrected chi connectivity index (χ0v) is 14.6. The molecule has 0 bridgehead atoms. The number of rotatable bonds is 1. The summed E-state index contributed by atoms with van der Waals surface area (Å²) < 4.78 is 0. The fourth-order valence-corrected chi connectivity index (χ4v) is 6.91. The van der Waals surface area contributed by atoms with Gasteiger partial charge in [-0.2, -0.15) is 0 Å². The smallest absolute Gasteiger partial charge is 0.155 e. The minimum atomic E-state index is -0.979. The summed E-state index contributed by atoms with van der Waals surface area (Å²) in [6, 6.07) is 0. The largest absolute Gasteiger partial charge is 0.395 e. The van der Waals surface area contributed by atoms with Crippen molar-refractivity contribution >= 4 is 5.78 Å². The number of aliphatic hydroxyl groups excluding tert-OH is 1. The Morgan fingerprint density at radius 1 is 1.21 bits per heavy atom. The summed E-state index contributed by atoms with van der Waals surface area (Å²) in [5, 5.41) is 21.3. The monoisotopic (exact) mass is 328 g/mol. The van der Waals surface area contributed by atoms with Crippen LogP contribution in [0.15, 0.2) is 11.6 Å². The minimum absolute atomic E-state index is 0.149. The van der Waals surface area contributed by atoms with Crippen molar-refractivity contribution in [3.05, 3.63) is 11.6 Å². The molecule has 0 heterocycles. The van der Waals surface area contributed by atoms with Crippen molar-refractivity contribution in [2.24, 2.45) is 28.6 Å². The standard InChI is InChI=1S/C21H28O3/c1-3-21(24)11-8-17-16-5-4-14-12-15(23)6-10-20(14,13-22)18(16)7-9-19(17,21)2/h1,12,16-18,22,24H,4-11,13H2,2H3/t16-,17-,18-,19-,20+,21+/m0/s1. The van der Waals surface area contributed by atoms with Gasteiger partial charge in [0.05, 0.1) is 6.61 Å². The molecule has 2 N–H and O–H groups in total. The third-order valence-electron chi connectivity index (χ3n) is 8.36. The van der Waals surface area contributed by atoms with Gasteiger partial charge in [-0.15, -0.1) is 6.42 Å². The van der Waals surface area contributed by atoms with Gasteiger partial charge in [0.15, 0.2) is 5.78 Å². The van der Waals surface area contributed by atoms with Crippen molar-refractivity contribution in [3.8, 4) is 12.3 Å². The molecule has 0 aromatic rings. The number of carbonyl (C=O) groups is 1. The van der Waals surface area contributed by atoms with E-state index in [9.17, 15) is 15.0 Å². The van der Waals surface area contributed by atoms with Gasteiger partial charge in [0, 0.05) is 17.3 Å². The molecule has 3 fully saturated rings. The molecule has 0 amide bonds. The van der Waals surface area contributed by atoms with Gasteiger partial charge in [-0.25, -0.2) is 0 Å². The first-order chi connectivity index (χ1) is 11.4. The van der Waals surface area contributed by atoms with E-state index in [4.69, 9.17) is 6.42 Å². The molecule has 6 atom stereocenters. The van der Waals surface area contributed by atoms with E-state index in [1.54, 1.807) is 0 Å². The highest BCUT2D eigenvalue weighted by atomic mass is 16.3. The highest BCUT2D eigenvalue weighted by molar-refractivity contribution is 5.91. The summed E-state index contributed by atoms with van der Waals surface area (Å²) in [5.41, 5.74) is -0.190. The highest BCUT2D eigenvalue weighted by Crippen LogP contribution is 2.67. The Morgan fingerprint density at radius 3 is 2.67 bits per heavy atom. The number of hydrogen-bond acceptors (Lipinski definition) is 3. The zero-order valence-electron chi connectivity index (χ0n) is 14.6. The third kappa shape index (κ3) is 1.85. The number of aliphatic hydroxyl groups is 2. The minimum Gasteiger partial charge on any atom is -0.395 e. The van der Waals surface area contributed by atoms with Crippen LogP contribution in [0.3, 0.4) is 0 Å². The summed E-state index contributed by atoms with van der Waals surface area (Å²) in [6.07, 6.45) is 14.5. The number of carbonyl (C=O) groups excluding carboxylic acids is 1. The van der Waals surface area contributed by atoms with Crippen molar-refractivity contribution in [2.75, 3.05) is 6.61 Å². The van der Waals surface area contributed by atoms with Crippen LogP contribution in [-0.4, -0.2) is 28.2 Å². The fraction of sp³-hybridized carbons (Fsp3) is 0.762. The number of ketones is 1. The topological polar surface area (TPSA) is 57.5 Å². The molecule has 0 spiro atoms. The van der Waals surface area contributed by atoms with Gasteiger partial charge in [-0.3, -0.25) is 4.79 Å². The maximum atomic E-state index is 11.9. The highest BCUT2D eigenvalue weighted by Gasteiger charge is 2.64. The van der Waals surface area contributed by atoms with Gasteiger partial charge in [-0.05, 0) is 68.8 Å². The third-order valence-corrected chi connectivity index (χ3v) is 8.36. The van der Waals surface area contributed by atoms with Crippen LogP contribution >= 0.6 is 0 Å². The summed E-state index contributed by atoms with van der Waals surface area (Å²) in [7, 11) is 0. The zero-order chi connectivity index (χ0) is 17.2. The summed E-state index contributed by atoms with van der Waals surface area (Å²) in [6.45, 7) is 2.33. The molecule has 4 aliphatic rings. The Bertz CT molecular complexity index is 644. The van der Waals surface area contributed by atoms with Crippen LogP contribution in [0.4, 0.5) is 0 Å². The van der Waals surface area contributed by atoms with Crippen molar-refractivity contribution < 1.29 is 15.0 Å². The van der Waals surface area contributed by atoms with Gasteiger partial charge in [0.1, 0.15) is 5.60 Å². The van der Waals surface area contributed by atoms with Gasteiger partial charge >= 0.3 is 0 Å². The molecule has 0 unspecified atom stereocenters. The number of hydrogen-bond donors (Lipinski definition) is 2. The molecular weight excluding hydrogens is 300 g/mol. The lowest BCUT2D eigenvalue weighted by molar-refractivity contribution is -0.123. The van der Waals surface area contributed by atoms with Crippen LogP contribution in [0.2, 0.25) is 0 Å². The normalized spacial score (nSPS) is 50.3. The van der Waals surface area contributed by atoms with E-state index in [0.717, 1.165) is 38.5 Å². The molecule has 0 aliphatic heterocycles. The van der Waals surface area contributed by atoms with Crippen molar-refractivity contribution in [2.45, 2.75) is 63.9 Å².